The number of anilines is 2. The molecule has 2 N–H and O–H groups in total. The molecule has 0 fully saturated rings. The Morgan fingerprint density at radius 3 is 2.46 bits per heavy atom. The molecule has 2 amide bonds. The van der Waals surface area contributed by atoms with Gasteiger partial charge in [0.2, 0.25) is 15.9 Å². The largest absolute Gasteiger partial charge is 0.326 e. The summed E-state index contributed by atoms with van der Waals surface area (Å²) in [5.74, 6) is -0.494. The van der Waals surface area contributed by atoms with Crippen LogP contribution in [0.5, 0.6) is 0 Å². The minimum atomic E-state index is -3.32. The van der Waals surface area contributed by atoms with E-state index in [9.17, 15) is 18.0 Å². The third kappa shape index (κ3) is 4.40. The fraction of sp³-hybridized carbons (Fsp3) is 0.389. The van der Waals surface area contributed by atoms with Crippen molar-refractivity contribution in [2.24, 2.45) is 0 Å². The Bertz CT molecular complexity index is 997. The number of carbonyl (C=O) groups is 2. The van der Waals surface area contributed by atoms with E-state index in [1.807, 2.05) is 0 Å². The number of hydrogen-bond donors (Lipinski definition) is 2. The molecule has 1 aliphatic rings. The number of fused-ring (bicyclic) bond motifs is 1. The number of thiazole rings is 1. The van der Waals surface area contributed by atoms with Gasteiger partial charge in [-0.25, -0.2) is 13.4 Å². The summed E-state index contributed by atoms with van der Waals surface area (Å²) in [6, 6.07) is 6.53. The highest BCUT2D eigenvalue weighted by molar-refractivity contribution is 7.89. The van der Waals surface area contributed by atoms with Gasteiger partial charge >= 0.3 is 0 Å². The SMILES string of the molecule is CC(=O)Nc1ccc(C(=O)Nc2nc3c(s2)CN(S(=O)(=O)C(C)C)CC3)cc1. The van der Waals surface area contributed by atoms with Crippen molar-refractivity contribution in [2.45, 2.75) is 39.0 Å². The highest BCUT2D eigenvalue weighted by Crippen LogP contribution is 2.30. The van der Waals surface area contributed by atoms with Crippen LogP contribution < -0.4 is 10.6 Å². The lowest BCUT2D eigenvalue weighted by atomic mass is 10.2. The van der Waals surface area contributed by atoms with Crippen LogP contribution in [0.3, 0.4) is 0 Å². The van der Waals surface area contributed by atoms with E-state index in [0.29, 0.717) is 29.3 Å². The van der Waals surface area contributed by atoms with E-state index < -0.39 is 15.3 Å². The number of hydrogen-bond acceptors (Lipinski definition) is 6. The molecule has 0 aliphatic carbocycles. The molecule has 150 valence electrons. The van der Waals surface area contributed by atoms with Crippen molar-refractivity contribution in [2.75, 3.05) is 17.2 Å². The minimum Gasteiger partial charge on any atom is -0.326 e. The Kier molecular flexibility index (Phi) is 5.82. The molecule has 1 aliphatic heterocycles. The normalized spacial score (nSPS) is 14.6. The molecule has 0 saturated carbocycles. The van der Waals surface area contributed by atoms with Crippen LogP contribution in [0.25, 0.3) is 0 Å². The minimum absolute atomic E-state index is 0.181. The van der Waals surface area contributed by atoms with Crippen LogP contribution in [0, 0.1) is 0 Å². The zero-order chi connectivity index (χ0) is 20.5. The second-order valence-corrected chi connectivity index (χ2v) is 10.4. The standard InChI is InChI=1S/C18H22N4O4S2/c1-11(2)28(25,26)22-9-8-15-16(10-22)27-18(20-15)21-17(24)13-4-6-14(7-5-13)19-12(3)23/h4-7,11H,8-10H2,1-3H3,(H,19,23)(H,20,21,24). The molecule has 0 spiro atoms. The smallest absolute Gasteiger partial charge is 0.257 e. The average molecular weight is 423 g/mol. The summed E-state index contributed by atoms with van der Waals surface area (Å²) in [6.07, 6.45) is 0.527. The Morgan fingerprint density at radius 1 is 1.18 bits per heavy atom. The first-order valence-electron chi connectivity index (χ1n) is 8.83. The van der Waals surface area contributed by atoms with E-state index in [1.54, 1.807) is 38.1 Å². The van der Waals surface area contributed by atoms with Gasteiger partial charge in [0.15, 0.2) is 5.13 Å². The summed E-state index contributed by atoms with van der Waals surface area (Å²) in [5.41, 5.74) is 1.88. The summed E-state index contributed by atoms with van der Waals surface area (Å²) in [6.45, 7) is 5.43. The van der Waals surface area contributed by atoms with Gasteiger partial charge in [-0.3, -0.25) is 14.9 Å². The zero-order valence-corrected chi connectivity index (χ0v) is 17.5. The molecule has 1 aromatic heterocycles. The van der Waals surface area contributed by atoms with Crippen LogP contribution in [0.1, 0.15) is 41.7 Å². The molecule has 0 unspecified atom stereocenters. The third-order valence-electron chi connectivity index (χ3n) is 4.34. The monoisotopic (exact) mass is 422 g/mol. The number of rotatable bonds is 5. The first-order chi connectivity index (χ1) is 13.2. The van der Waals surface area contributed by atoms with E-state index in [2.05, 4.69) is 15.6 Å². The van der Waals surface area contributed by atoms with Gasteiger partial charge in [-0.15, -0.1) is 11.3 Å². The first kappa shape index (κ1) is 20.4. The molecule has 0 radical (unpaired) electrons. The molecular formula is C18H22N4O4S2. The second-order valence-electron chi connectivity index (χ2n) is 6.78. The van der Waals surface area contributed by atoms with Crippen LogP contribution in [-0.2, 0) is 27.8 Å². The van der Waals surface area contributed by atoms with Crippen molar-refractivity contribution >= 4 is 44.0 Å². The van der Waals surface area contributed by atoms with Crippen molar-refractivity contribution in [1.82, 2.24) is 9.29 Å². The molecule has 28 heavy (non-hydrogen) atoms. The number of carbonyl (C=O) groups excluding carboxylic acids is 2. The average Bonchev–Trinajstić information content (AvgIpc) is 3.02. The number of nitrogens with zero attached hydrogens (tertiary/aromatic N) is 2. The molecule has 1 aromatic carbocycles. The van der Waals surface area contributed by atoms with E-state index >= 15 is 0 Å². The molecule has 8 nitrogen and oxygen atoms in total. The number of sulfonamides is 1. The van der Waals surface area contributed by atoms with Crippen LogP contribution in [0.2, 0.25) is 0 Å². The van der Waals surface area contributed by atoms with E-state index in [0.717, 1.165) is 10.6 Å². The summed E-state index contributed by atoms with van der Waals surface area (Å²) >= 11 is 1.30. The summed E-state index contributed by atoms with van der Waals surface area (Å²) in [4.78, 5) is 28.8. The van der Waals surface area contributed by atoms with Crippen molar-refractivity contribution in [3.63, 3.8) is 0 Å². The Labute approximate surface area is 168 Å². The van der Waals surface area contributed by atoms with Crippen molar-refractivity contribution in [3.8, 4) is 0 Å². The maximum atomic E-state index is 12.4. The first-order valence-corrected chi connectivity index (χ1v) is 11.2. The predicted molar refractivity (Wildman–Crippen MR) is 109 cm³/mol. The fourth-order valence-electron chi connectivity index (χ4n) is 2.82. The number of aromatic nitrogens is 1. The van der Waals surface area contributed by atoms with Gasteiger partial charge in [-0.2, -0.15) is 4.31 Å². The van der Waals surface area contributed by atoms with E-state index in [4.69, 9.17) is 0 Å². The predicted octanol–water partition coefficient (Wildman–Crippen LogP) is 2.45. The molecule has 2 aromatic rings. The lowest BCUT2D eigenvalue weighted by Gasteiger charge is -2.26. The van der Waals surface area contributed by atoms with Gasteiger partial charge in [-0.05, 0) is 38.1 Å². The highest BCUT2D eigenvalue weighted by Gasteiger charge is 2.31. The Balaban J connectivity index is 1.69. The van der Waals surface area contributed by atoms with E-state index in [-0.39, 0.29) is 18.4 Å². The van der Waals surface area contributed by atoms with Gasteiger partial charge in [0.1, 0.15) is 0 Å². The van der Waals surface area contributed by atoms with Crippen LogP contribution >= 0.6 is 11.3 Å². The van der Waals surface area contributed by atoms with Crippen LogP contribution in [0.15, 0.2) is 24.3 Å². The molecule has 3 rings (SSSR count). The highest BCUT2D eigenvalue weighted by atomic mass is 32.2. The van der Waals surface area contributed by atoms with Gasteiger partial charge in [0, 0.05) is 42.6 Å². The fourth-order valence-corrected chi connectivity index (χ4v) is 5.17. The number of benzene rings is 1. The van der Waals surface area contributed by atoms with Gasteiger partial charge in [0.05, 0.1) is 10.9 Å². The lowest BCUT2D eigenvalue weighted by molar-refractivity contribution is -0.114. The zero-order valence-electron chi connectivity index (χ0n) is 15.9. The quantitative estimate of drug-likeness (QED) is 0.769. The molecular weight excluding hydrogens is 400 g/mol. The topological polar surface area (TPSA) is 108 Å². The molecule has 0 saturated heterocycles. The van der Waals surface area contributed by atoms with Crippen molar-refractivity contribution in [1.29, 1.82) is 0 Å². The summed E-state index contributed by atoms with van der Waals surface area (Å²) in [5, 5.41) is 5.39. The lowest BCUT2D eigenvalue weighted by Crippen LogP contribution is -2.39. The molecule has 0 bridgehead atoms. The number of amides is 2. The van der Waals surface area contributed by atoms with Crippen molar-refractivity contribution < 1.29 is 18.0 Å². The van der Waals surface area contributed by atoms with E-state index in [1.165, 1.54) is 22.6 Å². The summed E-state index contributed by atoms with van der Waals surface area (Å²) < 4.78 is 26.2. The van der Waals surface area contributed by atoms with Gasteiger partial charge in [0.25, 0.3) is 5.91 Å². The maximum Gasteiger partial charge on any atom is 0.257 e. The maximum absolute atomic E-state index is 12.4. The van der Waals surface area contributed by atoms with Crippen LogP contribution in [-0.4, -0.2) is 41.3 Å². The Hall–Kier alpha value is -2.30. The second kappa shape index (κ2) is 7.98. The van der Waals surface area contributed by atoms with Crippen LogP contribution in [0.4, 0.5) is 10.8 Å². The van der Waals surface area contributed by atoms with Crippen molar-refractivity contribution in [3.05, 3.63) is 40.4 Å². The van der Waals surface area contributed by atoms with Gasteiger partial charge < -0.3 is 5.32 Å². The summed E-state index contributed by atoms with van der Waals surface area (Å²) in [7, 11) is -3.32. The Morgan fingerprint density at radius 2 is 1.86 bits per heavy atom. The third-order valence-corrected chi connectivity index (χ3v) is 7.56. The molecule has 10 heteroatoms. The number of nitrogens with one attached hydrogen (secondary N) is 2. The van der Waals surface area contributed by atoms with Gasteiger partial charge in [-0.1, -0.05) is 0 Å². The molecule has 2 heterocycles. The molecule has 0 atom stereocenters.